The average Bonchev–Trinajstić information content (AvgIpc) is 2.64. The Balaban J connectivity index is 1.67. The Bertz CT molecular complexity index is 638. The molecule has 0 spiro atoms. The van der Waals surface area contributed by atoms with Gasteiger partial charge in [-0.05, 0) is 37.8 Å². The minimum atomic E-state index is -0.321. The number of guanidine groups is 1. The Morgan fingerprint density at radius 3 is 2.96 bits per heavy atom. The van der Waals surface area contributed by atoms with Gasteiger partial charge in [0.25, 0.3) is 0 Å². The second-order valence-electron chi connectivity index (χ2n) is 7.10. The van der Waals surface area contributed by atoms with Crippen LogP contribution in [0.3, 0.4) is 0 Å². The Labute approximate surface area is 161 Å². The summed E-state index contributed by atoms with van der Waals surface area (Å²) in [6, 6.07) is 6.08. The summed E-state index contributed by atoms with van der Waals surface area (Å²) >= 11 is 0. The maximum atomic E-state index is 13.2. The fraction of sp³-hybridized carbons (Fsp3) is 0.600. The van der Waals surface area contributed by atoms with Gasteiger partial charge in [-0.3, -0.25) is 9.79 Å². The molecule has 2 atom stereocenters. The van der Waals surface area contributed by atoms with Gasteiger partial charge in [-0.15, -0.1) is 0 Å². The highest BCUT2D eigenvalue weighted by molar-refractivity contribution is 5.81. The van der Waals surface area contributed by atoms with E-state index < -0.39 is 0 Å². The number of carbonyl (C=O) groups excluding carboxylic acids is 1. The van der Waals surface area contributed by atoms with Gasteiger partial charge in [-0.25, -0.2) is 4.39 Å². The Morgan fingerprint density at radius 1 is 1.44 bits per heavy atom. The molecule has 2 N–H and O–H groups in total. The second kappa shape index (κ2) is 10.7. The first-order valence-corrected chi connectivity index (χ1v) is 9.62. The molecule has 2 unspecified atom stereocenters. The molecule has 1 saturated heterocycles. The van der Waals surface area contributed by atoms with Crippen molar-refractivity contribution in [3.05, 3.63) is 30.1 Å². The number of halogens is 1. The normalized spacial score (nSPS) is 18.7. The van der Waals surface area contributed by atoms with Crippen LogP contribution in [-0.4, -0.2) is 56.1 Å². The number of aliphatic imine (C=N–C) groups is 1. The van der Waals surface area contributed by atoms with Crippen molar-refractivity contribution >= 4 is 11.9 Å². The van der Waals surface area contributed by atoms with Crippen molar-refractivity contribution in [3.63, 3.8) is 0 Å². The Kier molecular flexibility index (Phi) is 8.36. The molecule has 2 rings (SSSR count). The van der Waals surface area contributed by atoms with Crippen LogP contribution in [0.2, 0.25) is 0 Å². The van der Waals surface area contributed by atoms with E-state index in [1.165, 1.54) is 18.6 Å². The minimum absolute atomic E-state index is 0.165. The van der Waals surface area contributed by atoms with E-state index in [0.29, 0.717) is 37.1 Å². The molecule has 1 heterocycles. The lowest BCUT2D eigenvalue weighted by molar-refractivity contribution is -0.132. The molecular weight excluding hydrogens is 347 g/mol. The van der Waals surface area contributed by atoms with Crippen molar-refractivity contribution in [2.75, 3.05) is 33.2 Å². The molecule has 1 aromatic rings. The predicted octanol–water partition coefficient (Wildman–Crippen LogP) is 2.41. The third kappa shape index (κ3) is 7.45. The molecule has 0 aliphatic carbocycles. The molecule has 1 aliphatic heterocycles. The highest BCUT2D eigenvalue weighted by Crippen LogP contribution is 2.16. The molecule has 0 aromatic heterocycles. The fourth-order valence-electron chi connectivity index (χ4n) is 3.14. The number of amides is 1. The van der Waals surface area contributed by atoms with E-state index in [4.69, 9.17) is 4.74 Å². The number of nitrogens with one attached hydrogen (secondary N) is 2. The second-order valence-corrected chi connectivity index (χ2v) is 7.10. The van der Waals surface area contributed by atoms with Crippen LogP contribution in [0.5, 0.6) is 5.75 Å². The number of hydrogen-bond acceptors (Lipinski definition) is 3. The van der Waals surface area contributed by atoms with E-state index in [1.54, 1.807) is 19.2 Å². The number of hydrogen-bond donors (Lipinski definition) is 2. The van der Waals surface area contributed by atoms with Gasteiger partial charge in [0.15, 0.2) is 5.96 Å². The molecule has 1 amide bonds. The van der Waals surface area contributed by atoms with Crippen LogP contribution in [0.15, 0.2) is 29.3 Å². The summed E-state index contributed by atoms with van der Waals surface area (Å²) in [7, 11) is 1.68. The van der Waals surface area contributed by atoms with Crippen LogP contribution in [0.1, 0.15) is 33.1 Å². The molecule has 7 heteroatoms. The number of carbonyl (C=O) groups is 1. The molecule has 150 valence electrons. The smallest absolute Gasteiger partial charge is 0.224 e. The molecule has 0 saturated carbocycles. The molecule has 1 fully saturated rings. The summed E-state index contributed by atoms with van der Waals surface area (Å²) < 4.78 is 18.9. The maximum Gasteiger partial charge on any atom is 0.224 e. The van der Waals surface area contributed by atoms with Crippen LogP contribution in [0.25, 0.3) is 0 Å². The average molecular weight is 378 g/mol. The molecule has 0 radical (unpaired) electrons. The van der Waals surface area contributed by atoms with Crippen molar-refractivity contribution in [1.82, 2.24) is 15.5 Å². The molecular formula is C20H31FN4O2. The van der Waals surface area contributed by atoms with E-state index in [1.807, 2.05) is 11.8 Å². The molecule has 1 aliphatic rings. The number of benzene rings is 1. The van der Waals surface area contributed by atoms with Crippen molar-refractivity contribution in [2.45, 2.75) is 39.2 Å². The third-order valence-electron chi connectivity index (χ3n) is 4.55. The van der Waals surface area contributed by atoms with Gasteiger partial charge in [-0.2, -0.15) is 0 Å². The highest BCUT2D eigenvalue weighted by Gasteiger charge is 2.20. The van der Waals surface area contributed by atoms with Gasteiger partial charge in [0.2, 0.25) is 5.91 Å². The lowest BCUT2D eigenvalue weighted by Crippen LogP contribution is -2.44. The summed E-state index contributed by atoms with van der Waals surface area (Å²) in [5, 5.41) is 6.31. The van der Waals surface area contributed by atoms with Crippen LogP contribution in [-0.2, 0) is 4.79 Å². The zero-order chi connectivity index (χ0) is 19.6. The van der Waals surface area contributed by atoms with E-state index in [2.05, 4.69) is 22.5 Å². The molecule has 27 heavy (non-hydrogen) atoms. The molecule has 1 aromatic carbocycles. The van der Waals surface area contributed by atoms with Crippen molar-refractivity contribution in [3.8, 4) is 5.75 Å². The standard InChI is InChI=1S/C20H31FN4O2/c1-15-6-5-11-25(14-15)19(26)9-10-23-20(22-3)24-13-16(2)27-18-8-4-7-17(21)12-18/h4,7-8,12,15-16H,5-6,9-11,13-14H2,1-3H3,(H2,22,23,24). The van der Waals surface area contributed by atoms with E-state index in [-0.39, 0.29) is 17.8 Å². The van der Waals surface area contributed by atoms with E-state index in [9.17, 15) is 9.18 Å². The first-order chi connectivity index (χ1) is 13.0. The van der Waals surface area contributed by atoms with Crippen molar-refractivity contribution in [2.24, 2.45) is 10.9 Å². The lowest BCUT2D eigenvalue weighted by atomic mass is 10.00. The number of rotatable bonds is 7. The summed E-state index contributed by atoms with van der Waals surface area (Å²) in [4.78, 5) is 18.4. The SMILES string of the molecule is CN=C(NCCC(=O)N1CCCC(C)C1)NCC(C)Oc1cccc(F)c1. The third-order valence-corrected chi connectivity index (χ3v) is 4.55. The van der Waals surface area contributed by atoms with Gasteiger partial charge < -0.3 is 20.3 Å². The largest absolute Gasteiger partial charge is 0.489 e. The molecule has 0 bridgehead atoms. The first-order valence-electron chi connectivity index (χ1n) is 9.62. The monoisotopic (exact) mass is 378 g/mol. The van der Waals surface area contributed by atoms with Gasteiger partial charge in [-0.1, -0.05) is 13.0 Å². The number of piperidine rings is 1. The summed E-state index contributed by atoms with van der Waals surface area (Å²) in [6.45, 7) is 6.85. The van der Waals surface area contributed by atoms with Crippen molar-refractivity contribution in [1.29, 1.82) is 0 Å². The van der Waals surface area contributed by atoms with Gasteiger partial charge in [0, 0.05) is 39.2 Å². The molecule has 6 nitrogen and oxygen atoms in total. The zero-order valence-corrected chi connectivity index (χ0v) is 16.5. The van der Waals surface area contributed by atoms with Crippen LogP contribution in [0, 0.1) is 11.7 Å². The van der Waals surface area contributed by atoms with Crippen molar-refractivity contribution < 1.29 is 13.9 Å². The quantitative estimate of drug-likeness (QED) is 0.565. The maximum absolute atomic E-state index is 13.2. The predicted molar refractivity (Wildman–Crippen MR) is 105 cm³/mol. The minimum Gasteiger partial charge on any atom is -0.489 e. The zero-order valence-electron chi connectivity index (χ0n) is 16.5. The Hall–Kier alpha value is -2.31. The van der Waals surface area contributed by atoms with Crippen LogP contribution < -0.4 is 15.4 Å². The first kappa shape index (κ1) is 21.0. The number of nitrogens with zero attached hydrogens (tertiary/aromatic N) is 2. The van der Waals surface area contributed by atoms with Gasteiger partial charge in [0.1, 0.15) is 17.7 Å². The van der Waals surface area contributed by atoms with E-state index in [0.717, 1.165) is 19.5 Å². The van der Waals surface area contributed by atoms with Gasteiger partial charge >= 0.3 is 0 Å². The van der Waals surface area contributed by atoms with Gasteiger partial charge in [0.05, 0.1) is 6.54 Å². The topological polar surface area (TPSA) is 66.0 Å². The summed E-state index contributed by atoms with van der Waals surface area (Å²) in [5.74, 6) is 1.56. The highest BCUT2D eigenvalue weighted by atomic mass is 19.1. The summed E-state index contributed by atoms with van der Waals surface area (Å²) in [6.07, 6.45) is 2.58. The van der Waals surface area contributed by atoms with Crippen LogP contribution >= 0.6 is 0 Å². The Morgan fingerprint density at radius 2 is 2.26 bits per heavy atom. The lowest BCUT2D eigenvalue weighted by Gasteiger charge is -2.31. The number of likely N-dealkylation sites (tertiary alicyclic amines) is 1. The summed E-state index contributed by atoms with van der Waals surface area (Å²) in [5.41, 5.74) is 0. The van der Waals surface area contributed by atoms with Crippen LogP contribution in [0.4, 0.5) is 4.39 Å². The number of ether oxygens (including phenoxy) is 1. The van der Waals surface area contributed by atoms with E-state index >= 15 is 0 Å². The fourth-order valence-corrected chi connectivity index (χ4v) is 3.14.